The highest BCUT2D eigenvalue weighted by atomic mass is 16.5. The lowest BCUT2D eigenvalue weighted by Gasteiger charge is -2.42. The van der Waals surface area contributed by atoms with Gasteiger partial charge in [-0.1, -0.05) is 59.7 Å². The maximum absolute atomic E-state index is 12.5. The molecule has 0 amide bonds. The molecule has 3 aromatic rings. The smallest absolute Gasteiger partial charge is 0.133 e. The van der Waals surface area contributed by atoms with E-state index in [9.17, 15) is 10.2 Å². The fourth-order valence-electron chi connectivity index (χ4n) is 4.85. The van der Waals surface area contributed by atoms with Gasteiger partial charge >= 0.3 is 0 Å². The van der Waals surface area contributed by atoms with Gasteiger partial charge in [0.25, 0.3) is 0 Å². The second kappa shape index (κ2) is 9.56. The Morgan fingerprint density at radius 3 is 1.94 bits per heavy atom. The second-order valence-corrected chi connectivity index (χ2v) is 8.91. The van der Waals surface area contributed by atoms with Crippen LogP contribution in [0.5, 0.6) is 11.5 Å². The van der Waals surface area contributed by atoms with E-state index >= 15 is 0 Å². The highest BCUT2D eigenvalue weighted by Crippen LogP contribution is 2.44. The number of aryl methyl sites for hydroxylation is 2. The molecule has 174 valence electrons. The van der Waals surface area contributed by atoms with E-state index in [2.05, 4.69) is 0 Å². The molecule has 1 aliphatic rings. The van der Waals surface area contributed by atoms with Crippen molar-refractivity contribution in [2.75, 3.05) is 20.8 Å². The van der Waals surface area contributed by atoms with Gasteiger partial charge in [0.05, 0.1) is 14.2 Å². The van der Waals surface area contributed by atoms with Crippen LogP contribution < -0.4 is 9.47 Å². The Balaban J connectivity index is 1.84. The highest BCUT2D eigenvalue weighted by molar-refractivity contribution is 5.47. The summed E-state index contributed by atoms with van der Waals surface area (Å²) in [4.78, 5) is 2.01. The van der Waals surface area contributed by atoms with Gasteiger partial charge in [-0.05, 0) is 55.5 Å². The number of likely N-dealkylation sites (tertiary alicyclic amines) is 1. The van der Waals surface area contributed by atoms with E-state index in [0.717, 1.165) is 35.1 Å². The molecule has 0 bridgehead atoms. The fraction of sp³-hybridized carbons (Fsp3) is 0.357. The summed E-state index contributed by atoms with van der Waals surface area (Å²) < 4.78 is 11.0. The van der Waals surface area contributed by atoms with Crippen molar-refractivity contribution in [3.8, 4) is 11.5 Å². The molecule has 0 saturated carbocycles. The maximum Gasteiger partial charge on any atom is 0.133 e. The number of hydrogen-bond donors (Lipinski definition) is 2. The number of rotatable bonds is 7. The zero-order chi connectivity index (χ0) is 23.6. The minimum absolute atomic E-state index is 0.340. The van der Waals surface area contributed by atoms with Gasteiger partial charge in [0, 0.05) is 18.7 Å². The van der Waals surface area contributed by atoms with Gasteiger partial charge in [-0.15, -0.1) is 0 Å². The normalized spacial score (nSPS) is 19.2. The summed E-state index contributed by atoms with van der Waals surface area (Å²) in [6.45, 7) is 4.75. The molecule has 3 aromatic carbocycles. The van der Waals surface area contributed by atoms with Gasteiger partial charge in [-0.3, -0.25) is 4.90 Å². The second-order valence-electron chi connectivity index (χ2n) is 8.91. The Morgan fingerprint density at radius 2 is 1.39 bits per heavy atom. The van der Waals surface area contributed by atoms with Gasteiger partial charge in [0.2, 0.25) is 0 Å². The van der Waals surface area contributed by atoms with Gasteiger partial charge in [-0.25, -0.2) is 0 Å². The number of methoxy groups -OCH3 is 2. The van der Waals surface area contributed by atoms with E-state index in [-0.39, 0.29) is 6.04 Å². The first kappa shape index (κ1) is 23.3. The summed E-state index contributed by atoms with van der Waals surface area (Å²) in [6.07, 6.45) is 0.804. The largest absolute Gasteiger partial charge is 0.497 e. The molecule has 5 nitrogen and oxygen atoms in total. The first-order valence-corrected chi connectivity index (χ1v) is 11.4. The van der Waals surface area contributed by atoms with Crippen LogP contribution in [-0.2, 0) is 5.60 Å². The topological polar surface area (TPSA) is 62.2 Å². The Morgan fingerprint density at radius 1 is 0.848 bits per heavy atom. The molecule has 3 unspecified atom stereocenters. The molecule has 3 atom stereocenters. The Kier molecular flexibility index (Phi) is 6.75. The summed E-state index contributed by atoms with van der Waals surface area (Å²) in [5.74, 6) is 1.22. The molecule has 0 radical (unpaired) electrons. The third-order valence-corrected chi connectivity index (χ3v) is 6.75. The molecular formula is C28H33NO4. The number of hydrogen-bond acceptors (Lipinski definition) is 5. The monoisotopic (exact) mass is 447 g/mol. The summed E-state index contributed by atoms with van der Waals surface area (Å²) in [5, 5.41) is 23.9. The highest BCUT2D eigenvalue weighted by Gasteiger charge is 2.47. The molecule has 5 heteroatoms. The molecule has 1 saturated heterocycles. The number of aliphatic hydroxyl groups is 2. The lowest BCUT2D eigenvalue weighted by Crippen LogP contribution is -2.49. The summed E-state index contributed by atoms with van der Waals surface area (Å²) in [6, 6.07) is 21.0. The molecule has 0 aliphatic carbocycles. The molecule has 0 aromatic heterocycles. The lowest BCUT2D eigenvalue weighted by molar-refractivity contribution is -0.0772. The number of nitrogens with zero attached hydrogens (tertiary/aromatic N) is 1. The summed E-state index contributed by atoms with van der Waals surface area (Å²) in [5.41, 5.74) is 3.15. The van der Waals surface area contributed by atoms with Crippen LogP contribution in [-0.4, -0.2) is 41.9 Å². The van der Waals surface area contributed by atoms with Crippen molar-refractivity contribution < 1.29 is 19.7 Å². The van der Waals surface area contributed by atoms with Crippen LogP contribution in [0.3, 0.4) is 0 Å². The minimum Gasteiger partial charge on any atom is -0.497 e. The first-order chi connectivity index (χ1) is 15.9. The average Bonchev–Trinajstić information content (AvgIpc) is 3.34. The minimum atomic E-state index is -1.38. The summed E-state index contributed by atoms with van der Waals surface area (Å²) in [7, 11) is 3.21. The van der Waals surface area contributed by atoms with Gasteiger partial charge in [0.15, 0.2) is 0 Å². The molecule has 0 spiro atoms. The standard InChI is InChI=1S/C28H33NO4/c1-19-7-11-21(12-8-19)27(30)29-15-5-6-26(29)28(31,22-13-9-20(2)10-14-22)23-16-24(32-3)18-25(17-23)33-4/h7-14,16-18,26-27,30-31H,5-6,15H2,1-4H3. The van der Waals surface area contributed by atoms with E-state index in [0.29, 0.717) is 23.6 Å². The molecule has 4 rings (SSSR count). The Hall–Kier alpha value is -2.86. The van der Waals surface area contributed by atoms with Gasteiger partial charge in [0.1, 0.15) is 23.3 Å². The first-order valence-electron chi connectivity index (χ1n) is 11.4. The number of aliphatic hydroxyl groups excluding tert-OH is 1. The molecule has 33 heavy (non-hydrogen) atoms. The van der Waals surface area contributed by atoms with E-state index in [4.69, 9.17) is 9.47 Å². The van der Waals surface area contributed by atoms with Crippen LogP contribution >= 0.6 is 0 Å². The van der Waals surface area contributed by atoms with Gasteiger partial charge < -0.3 is 19.7 Å². The van der Waals surface area contributed by atoms with Crippen molar-refractivity contribution in [1.82, 2.24) is 4.90 Å². The number of benzene rings is 3. The SMILES string of the molecule is COc1cc(OC)cc(C(O)(c2ccc(C)cc2)C2CCCN2C(O)c2ccc(C)cc2)c1. The van der Waals surface area contributed by atoms with Crippen LogP contribution in [0.4, 0.5) is 0 Å². The zero-order valence-electron chi connectivity index (χ0n) is 19.8. The third kappa shape index (κ3) is 4.49. The van der Waals surface area contributed by atoms with Crippen molar-refractivity contribution in [2.24, 2.45) is 0 Å². The average molecular weight is 448 g/mol. The quantitative estimate of drug-likeness (QED) is 0.549. The molecule has 1 aliphatic heterocycles. The molecule has 1 fully saturated rings. The lowest BCUT2D eigenvalue weighted by atomic mass is 9.78. The van der Waals surface area contributed by atoms with Crippen molar-refractivity contribution in [2.45, 2.75) is 44.6 Å². The van der Waals surface area contributed by atoms with Crippen LogP contribution in [0.2, 0.25) is 0 Å². The Bertz CT molecular complexity index is 1060. The van der Waals surface area contributed by atoms with Crippen molar-refractivity contribution in [1.29, 1.82) is 0 Å². The van der Waals surface area contributed by atoms with Crippen molar-refractivity contribution in [3.05, 3.63) is 94.5 Å². The van der Waals surface area contributed by atoms with Crippen molar-refractivity contribution in [3.63, 3.8) is 0 Å². The zero-order valence-corrected chi connectivity index (χ0v) is 19.8. The van der Waals surface area contributed by atoms with Gasteiger partial charge in [-0.2, -0.15) is 0 Å². The third-order valence-electron chi connectivity index (χ3n) is 6.75. The maximum atomic E-state index is 12.5. The predicted molar refractivity (Wildman–Crippen MR) is 130 cm³/mol. The van der Waals surface area contributed by atoms with Crippen LogP contribution in [0.15, 0.2) is 66.7 Å². The predicted octanol–water partition coefficient (Wildman–Crippen LogP) is 4.71. The fourth-order valence-corrected chi connectivity index (χ4v) is 4.85. The van der Waals surface area contributed by atoms with E-state index in [1.165, 1.54) is 0 Å². The summed E-state index contributed by atoms with van der Waals surface area (Å²) >= 11 is 0. The molecule has 2 N–H and O–H groups in total. The van der Waals surface area contributed by atoms with E-state index < -0.39 is 11.8 Å². The number of ether oxygens (including phenoxy) is 2. The van der Waals surface area contributed by atoms with Crippen LogP contribution in [0.25, 0.3) is 0 Å². The van der Waals surface area contributed by atoms with Crippen molar-refractivity contribution >= 4 is 0 Å². The Labute approximate surface area is 196 Å². The van der Waals surface area contributed by atoms with E-state index in [1.54, 1.807) is 20.3 Å². The molecular weight excluding hydrogens is 414 g/mol. The van der Waals surface area contributed by atoms with E-state index in [1.807, 2.05) is 79.4 Å². The van der Waals surface area contributed by atoms with Crippen LogP contribution in [0, 0.1) is 13.8 Å². The van der Waals surface area contributed by atoms with Crippen LogP contribution in [0.1, 0.15) is 46.9 Å². The molecule has 1 heterocycles.